The number of fused-ring (bicyclic) bond motifs is 1. The molecular weight excluding hydrogens is 240 g/mol. The van der Waals surface area contributed by atoms with Crippen LogP contribution in [-0.4, -0.2) is 4.98 Å². The van der Waals surface area contributed by atoms with Crippen molar-refractivity contribution in [3.8, 4) is 0 Å². The molecule has 1 aromatic carbocycles. The predicted octanol–water partition coefficient (Wildman–Crippen LogP) is 3.35. The van der Waals surface area contributed by atoms with E-state index in [9.17, 15) is 0 Å². The van der Waals surface area contributed by atoms with Gasteiger partial charge < -0.3 is 5.73 Å². The van der Waals surface area contributed by atoms with Gasteiger partial charge >= 0.3 is 0 Å². The van der Waals surface area contributed by atoms with Crippen molar-refractivity contribution < 1.29 is 0 Å². The molecule has 90 valence electrons. The van der Waals surface area contributed by atoms with Crippen LogP contribution in [0.1, 0.15) is 16.0 Å². The maximum absolute atomic E-state index is 5.76. The fourth-order valence-corrected chi connectivity index (χ4v) is 3.00. The Hall–Kier alpha value is -1.71. The molecule has 18 heavy (non-hydrogen) atoms. The van der Waals surface area contributed by atoms with Gasteiger partial charge in [0.05, 0.1) is 5.52 Å². The smallest absolute Gasteiger partial charge is 0.0704 e. The van der Waals surface area contributed by atoms with Crippen LogP contribution < -0.4 is 5.73 Å². The summed E-state index contributed by atoms with van der Waals surface area (Å²) in [4.78, 5) is 5.67. The first-order chi connectivity index (χ1) is 8.88. The Kier molecular flexibility index (Phi) is 3.09. The van der Waals surface area contributed by atoms with E-state index in [4.69, 9.17) is 5.73 Å². The zero-order valence-electron chi connectivity index (χ0n) is 9.97. The van der Waals surface area contributed by atoms with Crippen molar-refractivity contribution in [3.63, 3.8) is 0 Å². The summed E-state index contributed by atoms with van der Waals surface area (Å²) >= 11 is 1.73. The summed E-state index contributed by atoms with van der Waals surface area (Å²) in [7, 11) is 0. The topological polar surface area (TPSA) is 38.9 Å². The maximum Gasteiger partial charge on any atom is 0.0704 e. The van der Waals surface area contributed by atoms with Gasteiger partial charge in [0.1, 0.15) is 0 Å². The lowest BCUT2D eigenvalue weighted by Gasteiger charge is -2.06. The predicted molar refractivity (Wildman–Crippen MR) is 76.8 cm³/mol. The van der Waals surface area contributed by atoms with E-state index in [1.807, 2.05) is 12.3 Å². The van der Waals surface area contributed by atoms with Gasteiger partial charge in [-0.2, -0.15) is 0 Å². The molecule has 2 nitrogen and oxygen atoms in total. The van der Waals surface area contributed by atoms with Crippen LogP contribution in [-0.2, 0) is 13.0 Å². The normalized spacial score (nSPS) is 10.9. The molecule has 0 atom stereocenters. The summed E-state index contributed by atoms with van der Waals surface area (Å²) in [5, 5.41) is 3.34. The number of nitrogens with zero attached hydrogens (tertiary/aromatic N) is 1. The molecule has 2 N–H and O–H groups in total. The molecule has 3 heteroatoms. The number of hydrogen-bond donors (Lipinski definition) is 1. The van der Waals surface area contributed by atoms with Gasteiger partial charge in [-0.15, -0.1) is 11.3 Å². The lowest BCUT2D eigenvalue weighted by atomic mass is 10.0. The van der Waals surface area contributed by atoms with E-state index in [-0.39, 0.29) is 0 Å². The summed E-state index contributed by atoms with van der Waals surface area (Å²) in [6, 6.07) is 12.5. The molecule has 0 saturated carbocycles. The van der Waals surface area contributed by atoms with Gasteiger partial charge in [-0.05, 0) is 41.1 Å². The molecule has 3 aromatic rings. The fraction of sp³-hybridized carbons (Fsp3) is 0.133. The Morgan fingerprint density at radius 1 is 1.06 bits per heavy atom. The highest BCUT2D eigenvalue weighted by atomic mass is 32.1. The first-order valence-electron chi connectivity index (χ1n) is 5.96. The number of para-hydroxylation sites is 1. The van der Waals surface area contributed by atoms with E-state index in [2.05, 4.69) is 40.7 Å². The van der Waals surface area contributed by atoms with Crippen LogP contribution in [0.2, 0.25) is 0 Å². The molecule has 2 heterocycles. The van der Waals surface area contributed by atoms with Crippen LogP contribution in [0, 0.1) is 0 Å². The minimum Gasteiger partial charge on any atom is -0.326 e. The van der Waals surface area contributed by atoms with Crippen molar-refractivity contribution >= 4 is 22.2 Å². The molecule has 0 saturated heterocycles. The third-order valence-corrected chi connectivity index (χ3v) is 4.13. The Bertz CT molecular complexity index is 668. The quantitative estimate of drug-likeness (QED) is 0.778. The SMILES string of the molecule is NCc1sccc1Cc1ccnc2ccccc12. The van der Waals surface area contributed by atoms with E-state index in [1.54, 1.807) is 11.3 Å². The second-order valence-electron chi connectivity index (χ2n) is 4.24. The van der Waals surface area contributed by atoms with E-state index in [0.717, 1.165) is 11.9 Å². The molecule has 0 radical (unpaired) electrons. The van der Waals surface area contributed by atoms with Gasteiger partial charge in [-0.1, -0.05) is 18.2 Å². The zero-order chi connectivity index (χ0) is 12.4. The summed E-state index contributed by atoms with van der Waals surface area (Å²) in [6.45, 7) is 0.621. The number of benzene rings is 1. The third-order valence-electron chi connectivity index (χ3n) is 3.14. The minimum atomic E-state index is 0.621. The van der Waals surface area contributed by atoms with Crippen molar-refractivity contribution in [2.75, 3.05) is 0 Å². The minimum absolute atomic E-state index is 0.621. The number of thiophene rings is 1. The lowest BCUT2D eigenvalue weighted by molar-refractivity contribution is 1.06. The van der Waals surface area contributed by atoms with Crippen LogP contribution in [0.5, 0.6) is 0 Å². The first kappa shape index (κ1) is 11.4. The summed E-state index contributed by atoms with van der Waals surface area (Å²) < 4.78 is 0. The maximum atomic E-state index is 5.76. The summed E-state index contributed by atoms with van der Waals surface area (Å²) in [5.74, 6) is 0. The van der Waals surface area contributed by atoms with Gasteiger partial charge in [0, 0.05) is 23.0 Å². The molecule has 0 aliphatic heterocycles. The highest BCUT2D eigenvalue weighted by Gasteiger charge is 2.06. The monoisotopic (exact) mass is 254 g/mol. The summed E-state index contributed by atoms with van der Waals surface area (Å²) in [6.07, 6.45) is 2.81. The molecule has 0 aliphatic carbocycles. The van der Waals surface area contributed by atoms with Gasteiger partial charge in [-0.25, -0.2) is 0 Å². The van der Waals surface area contributed by atoms with Gasteiger partial charge in [0.15, 0.2) is 0 Å². The third kappa shape index (κ3) is 2.03. The largest absolute Gasteiger partial charge is 0.326 e. The van der Waals surface area contributed by atoms with Crippen LogP contribution in [0.3, 0.4) is 0 Å². The van der Waals surface area contributed by atoms with E-state index < -0.39 is 0 Å². The number of hydrogen-bond acceptors (Lipinski definition) is 3. The molecule has 0 bridgehead atoms. The average Bonchev–Trinajstić information content (AvgIpc) is 2.86. The van der Waals surface area contributed by atoms with E-state index in [1.165, 1.54) is 21.4 Å². The first-order valence-corrected chi connectivity index (χ1v) is 6.84. The molecule has 3 rings (SSSR count). The van der Waals surface area contributed by atoms with Crippen LogP contribution >= 0.6 is 11.3 Å². The van der Waals surface area contributed by atoms with E-state index in [0.29, 0.717) is 6.54 Å². The number of pyridine rings is 1. The van der Waals surface area contributed by atoms with Gasteiger partial charge in [-0.3, -0.25) is 4.98 Å². The standard InChI is InChI=1S/C15H14N2S/c16-10-15-12(6-8-18-15)9-11-5-7-17-14-4-2-1-3-13(11)14/h1-8H,9-10,16H2. The molecule has 2 aromatic heterocycles. The van der Waals surface area contributed by atoms with E-state index >= 15 is 0 Å². The van der Waals surface area contributed by atoms with Gasteiger partial charge in [0.2, 0.25) is 0 Å². The summed E-state index contributed by atoms with van der Waals surface area (Å²) in [5.41, 5.74) is 9.46. The molecular formula is C15H14N2S. The fourth-order valence-electron chi connectivity index (χ4n) is 2.22. The average molecular weight is 254 g/mol. The Labute approximate surface area is 110 Å². The highest BCUT2D eigenvalue weighted by Crippen LogP contribution is 2.23. The lowest BCUT2D eigenvalue weighted by Crippen LogP contribution is -1.98. The number of nitrogens with two attached hydrogens (primary N) is 1. The van der Waals surface area contributed by atoms with Crippen LogP contribution in [0.4, 0.5) is 0 Å². The number of rotatable bonds is 3. The Morgan fingerprint density at radius 3 is 2.83 bits per heavy atom. The molecule has 0 amide bonds. The second kappa shape index (κ2) is 4.88. The Balaban J connectivity index is 2.05. The molecule has 0 aliphatic rings. The zero-order valence-corrected chi connectivity index (χ0v) is 10.8. The molecule has 0 fully saturated rings. The van der Waals surface area contributed by atoms with Crippen molar-refractivity contribution in [3.05, 3.63) is 64.0 Å². The number of aromatic nitrogens is 1. The van der Waals surface area contributed by atoms with Crippen molar-refractivity contribution in [2.45, 2.75) is 13.0 Å². The Morgan fingerprint density at radius 2 is 1.94 bits per heavy atom. The van der Waals surface area contributed by atoms with Crippen LogP contribution in [0.15, 0.2) is 48.0 Å². The van der Waals surface area contributed by atoms with Crippen molar-refractivity contribution in [1.82, 2.24) is 4.98 Å². The second-order valence-corrected chi connectivity index (χ2v) is 5.24. The van der Waals surface area contributed by atoms with Crippen molar-refractivity contribution in [2.24, 2.45) is 5.73 Å². The highest BCUT2D eigenvalue weighted by molar-refractivity contribution is 7.10. The molecule has 0 spiro atoms. The molecule has 0 unspecified atom stereocenters. The van der Waals surface area contributed by atoms with Crippen LogP contribution in [0.25, 0.3) is 10.9 Å². The van der Waals surface area contributed by atoms with Gasteiger partial charge in [0.25, 0.3) is 0 Å². The van der Waals surface area contributed by atoms with Crippen molar-refractivity contribution in [1.29, 1.82) is 0 Å².